The molecule has 1 aromatic carbocycles. The van der Waals surface area contributed by atoms with Crippen molar-refractivity contribution in [2.45, 2.75) is 25.8 Å². The fraction of sp³-hybridized carbons (Fsp3) is 0.353. The Morgan fingerprint density at radius 2 is 2.32 bits per heavy atom. The molecule has 1 aromatic heterocycles. The highest BCUT2D eigenvalue weighted by Gasteiger charge is 2.28. The summed E-state index contributed by atoms with van der Waals surface area (Å²) in [5.74, 6) is -0.546. The minimum atomic E-state index is -0.385. The fourth-order valence-corrected chi connectivity index (χ4v) is 3.81. The van der Waals surface area contributed by atoms with Gasteiger partial charge in [-0.25, -0.2) is 4.39 Å². The maximum absolute atomic E-state index is 13.8. The summed E-state index contributed by atoms with van der Waals surface area (Å²) in [5, 5.41) is 4.74. The second-order valence-corrected chi connectivity index (χ2v) is 6.65. The number of carbonyl (C=O) groups is 1. The first-order valence-electron chi connectivity index (χ1n) is 7.47. The molecule has 0 aliphatic carbocycles. The van der Waals surface area contributed by atoms with E-state index in [1.807, 2.05) is 13.0 Å². The van der Waals surface area contributed by atoms with Crippen LogP contribution in [0.4, 0.5) is 10.1 Å². The van der Waals surface area contributed by atoms with Crippen molar-refractivity contribution in [2.24, 2.45) is 0 Å². The van der Waals surface area contributed by atoms with Gasteiger partial charge in [0.15, 0.2) is 0 Å². The van der Waals surface area contributed by atoms with Gasteiger partial charge >= 0.3 is 0 Å². The Balaban J connectivity index is 1.64. The van der Waals surface area contributed by atoms with Crippen LogP contribution in [0.2, 0.25) is 0 Å². The van der Waals surface area contributed by atoms with E-state index in [0.717, 1.165) is 24.9 Å². The second-order valence-electron chi connectivity index (χ2n) is 5.68. The molecule has 1 aliphatic heterocycles. The van der Waals surface area contributed by atoms with Gasteiger partial charge in [-0.05, 0) is 55.5 Å². The number of nitrogens with zero attached hydrogens (tertiary/aromatic N) is 1. The highest BCUT2D eigenvalue weighted by atomic mass is 32.1. The van der Waals surface area contributed by atoms with Crippen LogP contribution in [0.1, 0.15) is 29.3 Å². The number of hydrogen-bond donors (Lipinski definition) is 1. The first kappa shape index (κ1) is 15.2. The number of anilines is 1. The maximum Gasteiger partial charge on any atom is 0.238 e. The molecule has 0 saturated carbocycles. The van der Waals surface area contributed by atoms with Crippen LogP contribution in [0, 0.1) is 12.7 Å². The van der Waals surface area contributed by atoms with Crippen LogP contribution < -0.4 is 5.32 Å². The van der Waals surface area contributed by atoms with Crippen molar-refractivity contribution >= 4 is 22.9 Å². The Bertz CT molecular complexity index is 657. The van der Waals surface area contributed by atoms with Gasteiger partial charge in [0.2, 0.25) is 5.91 Å². The van der Waals surface area contributed by atoms with Gasteiger partial charge in [-0.3, -0.25) is 9.69 Å². The molecule has 22 heavy (non-hydrogen) atoms. The third-order valence-corrected chi connectivity index (χ3v) is 4.95. The van der Waals surface area contributed by atoms with Crippen molar-refractivity contribution in [2.75, 3.05) is 18.4 Å². The number of rotatable bonds is 4. The zero-order chi connectivity index (χ0) is 15.5. The minimum Gasteiger partial charge on any atom is -0.322 e. The normalized spacial score (nSPS) is 18.5. The Hall–Kier alpha value is -1.72. The average Bonchev–Trinajstić information content (AvgIpc) is 3.12. The molecule has 3 rings (SSSR count). The quantitative estimate of drug-likeness (QED) is 0.925. The number of thiophene rings is 1. The van der Waals surface area contributed by atoms with E-state index in [2.05, 4.69) is 21.7 Å². The third-order valence-electron chi connectivity index (χ3n) is 3.98. The molecule has 1 atom stereocenters. The molecule has 2 aromatic rings. The van der Waals surface area contributed by atoms with Gasteiger partial charge in [-0.2, -0.15) is 0 Å². The number of benzene rings is 1. The molecule has 0 radical (unpaired) electrons. The molecule has 5 heteroatoms. The van der Waals surface area contributed by atoms with Crippen LogP contribution in [-0.4, -0.2) is 23.9 Å². The smallest absolute Gasteiger partial charge is 0.238 e. The Labute approximate surface area is 133 Å². The molecular formula is C17H19FN2OS. The van der Waals surface area contributed by atoms with Gasteiger partial charge < -0.3 is 5.32 Å². The molecule has 3 nitrogen and oxygen atoms in total. The highest BCUT2D eigenvalue weighted by molar-refractivity contribution is 7.10. The van der Waals surface area contributed by atoms with E-state index in [4.69, 9.17) is 0 Å². The van der Waals surface area contributed by atoms with Crippen molar-refractivity contribution in [3.05, 3.63) is 52.0 Å². The Morgan fingerprint density at radius 3 is 3.05 bits per heavy atom. The minimum absolute atomic E-state index is 0.161. The zero-order valence-electron chi connectivity index (χ0n) is 12.5. The molecule has 116 valence electrons. The van der Waals surface area contributed by atoms with Gasteiger partial charge in [-0.15, -0.1) is 11.3 Å². The number of likely N-dealkylation sites (tertiary alicyclic amines) is 1. The van der Waals surface area contributed by atoms with Crippen molar-refractivity contribution in [1.29, 1.82) is 0 Å². The van der Waals surface area contributed by atoms with Gasteiger partial charge in [-0.1, -0.05) is 12.1 Å². The second kappa shape index (κ2) is 6.58. The van der Waals surface area contributed by atoms with Gasteiger partial charge in [0.25, 0.3) is 0 Å². The lowest BCUT2D eigenvalue weighted by Crippen LogP contribution is -2.32. The molecule has 1 aliphatic rings. The molecule has 0 bridgehead atoms. The van der Waals surface area contributed by atoms with E-state index >= 15 is 0 Å². The van der Waals surface area contributed by atoms with E-state index < -0.39 is 0 Å². The van der Waals surface area contributed by atoms with E-state index in [1.165, 1.54) is 10.9 Å². The highest BCUT2D eigenvalue weighted by Crippen LogP contribution is 2.34. The topological polar surface area (TPSA) is 32.3 Å². The van der Waals surface area contributed by atoms with Crippen LogP contribution in [0.25, 0.3) is 0 Å². The van der Waals surface area contributed by atoms with Crippen LogP contribution in [-0.2, 0) is 4.79 Å². The molecule has 1 N–H and O–H groups in total. The Kier molecular flexibility index (Phi) is 4.55. The van der Waals surface area contributed by atoms with E-state index in [-0.39, 0.29) is 17.4 Å². The van der Waals surface area contributed by atoms with Gasteiger partial charge in [0.05, 0.1) is 12.2 Å². The third kappa shape index (κ3) is 3.36. The number of amides is 1. The Morgan fingerprint density at radius 1 is 1.45 bits per heavy atom. The van der Waals surface area contributed by atoms with E-state index in [0.29, 0.717) is 12.6 Å². The summed E-state index contributed by atoms with van der Waals surface area (Å²) in [6.07, 6.45) is 2.17. The number of halogens is 1. The summed E-state index contributed by atoms with van der Waals surface area (Å²) in [4.78, 5) is 15.7. The molecule has 1 amide bonds. The lowest BCUT2D eigenvalue weighted by Gasteiger charge is -2.23. The predicted octanol–water partition coefficient (Wildman–Crippen LogP) is 3.97. The van der Waals surface area contributed by atoms with Crippen LogP contribution >= 0.6 is 11.3 Å². The summed E-state index contributed by atoms with van der Waals surface area (Å²) >= 11 is 1.73. The SMILES string of the molecule is Cc1ccc(NC(=O)CN2CCC[C@H]2c2cccs2)c(F)c1. The lowest BCUT2D eigenvalue weighted by atomic mass is 10.2. The number of nitrogens with one attached hydrogen (secondary N) is 1. The standard InChI is InChI=1S/C17H19FN2OS/c1-12-6-7-14(13(18)10-12)19-17(21)11-20-8-2-4-15(20)16-5-3-9-22-16/h3,5-7,9-10,15H,2,4,8,11H2,1H3,(H,19,21)/t15-/m0/s1. The van der Waals surface area contributed by atoms with Crippen molar-refractivity contribution in [3.8, 4) is 0 Å². The van der Waals surface area contributed by atoms with Crippen LogP contribution in [0.15, 0.2) is 35.7 Å². The van der Waals surface area contributed by atoms with Crippen molar-refractivity contribution in [3.63, 3.8) is 0 Å². The summed E-state index contributed by atoms with van der Waals surface area (Å²) in [6, 6.07) is 9.31. The van der Waals surface area contributed by atoms with E-state index in [1.54, 1.807) is 23.5 Å². The molecule has 0 spiro atoms. The maximum atomic E-state index is 13.8. The first-order valence-corrected chi connectivity index (χ1v) is 8.35. The summed E-state index contributed by atoms with van der Waals surface area (Å²) in [6.45, 7) is 3.03. The monoisotopic (exact) mass is 318 g/mol. The first-order chi connectivity index (χ1) is 10.6. The number of carbonyl (C=O) groups excluding carboxylic acids is 1. The van der Waals surface area contributed by atoms with Gasteiger partial charge in [0, 0.05) is 10.9 Å². The number of hydrogen-bond acceptors (Lipinski definition) is 3. The molecule has 0 unspecified atom stereocenters. The molecular weight excluding hydrogens is 299 g/mol. The lowest BCUT2D eigenvalue weighted by molar-refractivity contribution is -0.117. The summed E-state index contributed by atoms with van der Waals surface area (Å²) < 4.78 is 13.8. The molecule has 1 fully saturated rings. The summed E-state index contributed by atoms with van der Waals surface area (Å²) in [5.41, 5.74) is 1.09. The number of aryl methyl sites for hydroxylation is 1. The fourth-order valence-electron chi connectivity index (χ4n) is 2.91. The van der Waals surface area contributed by atoms with Crippen molar-refractivity contribution < 1.29 is 9.18 Å². The van der Waals surface area contributed by atoms with Gasteiger partial charge in [0.1, 0.15) is 5.82 Å². The zero-order valence-corrected chi connectivity index (χ0v) is 13.3. The van der Waals surface area contributed by atoms with Crippen LogP contribution in [0.5, 0.6) is 0 Å². The molecule has 2 heterocycles. The molecule has 1 saturated heterocycles. The van der Waals surface area contributed by atoms with E-state index in [9.17, 15) is 9.18 Å². The predicted molar refractivity (Wildman–Crippen MR) is 87.6 cm³/mol. The van der Waals surface area contributed by atoms with Crippen LogP contribution in [0.3, 0.4) is 0 Å². The largest absolute Gasteiger partial charge is 0.322 e. The summed E-state index contributed by atoms with van der Waals surface area (Å²) in [7, 11) is 0. The van der Waals surface area contributed by atoms with Crippen molar-refractivity contribution in [1.82, 2.24) is 4.90 Å². The average molecular weight is 318 g/mol.